The molecule has 0 bridgehead atoms. The highest BCUT2D eigenvalue weighted by Gasteiger charge is 2.15. The van der Waals surface area contributed by atoms with Crippen LogP contribution in [0.4, 0.5) is 4.39 Å². The van der Waals surface area contributed by atoms with Crippen LogP contribution in [0.25, 0.3) is 0 Å². The molecule has 1 amide bonds. The molecule has 0 unspecified atom stereocenters. The summed E-state index contributed by atoms with van der Waals surface area (Å²) in [6.07, 6.45) is 0. The molecule has 0 aliphatic heterocycles. The Bertz CT molecular complexity index is 354. The first-order chi connectivity index (χ1) is 6.07. The number of amides is 1. The van der Waals surface area contributed by atoms with Gasteiger partial charge in [0.1, 0.15) is 0 Å². The number of hydrogen-bond acceptors (Lipinski definition) is 2. The van der Waals surface area contributed by atoms with Gasteiger partial charge in [0.05, 0.1) is 17.7 Å². The third kappa shape index (κ3) is 1.72. The van der Waals surface area contributed by atoms with E-state index >= 15 is 0 Å². The smallest absolute Gasteiger partial charge is 0.250 e. The Hall–Kier alpha value is -1.29. The molecule has 13 heavy (non-hydrogen) atoms. The van der Waals surface area contributed by atoms with Gasteiger partial charge in [-0.2, -0.15) is 0 Å². The Kier molecular flexibility index (Phi) is 2.72. The topological polar surface area (TPSA) is 52.3 Å². The second kappa shape index (κ2) is 3.62. The summed E-state index contributed by atoms with van der Waals surface area (Å²) in [6, 6.07) is 2.29. The number of methoxy groups -OCH3 is 1. The van der Waals surface area contributed by atoms with Crippen molar-refractivity contribution >= 4 is 17.5 Å². The zero-order chi connectivity index (χ0) is 10.0. The molecule has 1 rings (SSSR count). The second-order valence-electron chi connectivity index (χ2n) is 2.31. The maximum absolute atomic E-state index is 12.9. The first kappa shape index (κ1) is 9.80. The number of benzene rings is 1. The lowest BCUT2D eigenvalue weighted by Crippen LogP contribution is -2.12. The second-order valence-corrected chi connectivity index (χ2v) is 2.68. The van der Waals surface area contributed by atoms with Gasteiger partial charge in [-0.3, -0.25) is 4.79 Å². The minimum absolute atomic E-state index is 0.0416. The van der Waals surface area contributed by atoms with Crippen LogP contribution in [-0.4, -0.2) is 13.0 Å². The Balaban J connectivity index is 3.35. The Labute approximate surface area is 79.2 Å². The number of hydrogen-bond donors (Lipinski definition) is 1. The van der Waals surface area contributed by atoms with E-state index < -0.39 is 11.7 Å². The summed E-state index contributed by atoms with van der Waals surface area (Å²) < 4.78 is 17.6. The molecule has 0 fully saturated rings. The molecule has 1 aromatic carbocycles. The molecule has 0 spiro atoms. The number of nitrogens with two attached hydrogens (primary N) is 1. The molecule has 1 aromatic rings. The summed E-state index contributed by atoms with van der Waals surface area (Å²) in [7, 11) is 1.26. The molecule has 0 aliphatic carbocycles. The van der Waals surface area contributed by atoms with E-state index in [1.807, 2.05) is 0 Å². The van der Waals surface area contributed by atoms with Crippen molar-refractivity contribution in [1.82, 2.24) is 0 Å². The number of carbonyl (C=O) groups excluding carboxylic acids is 1. The molecular weight excluding hydrogens is 197 g/mol. The SMILES string of the molecule is COc1c(F)ccc(C(N)=O)c1Cl. The van der Waals surface area contributed by atoms with Gasteiger partial charge in [-0.05, 0) is 12.1 Å². The lowest BCUT2D eigenvalue weighted by Gasteiger charge is -2.06. The minimum Gasteiger partial charge on any atom is -0.492 e. The maximum atomic E-state index is 12.9. The molecule has 3 nitrogen and oxygen atoms in total. The van der Waals surface area contributed by atoms with Crippen molar-refractivity contribution in [3.05, 3.63) is 28.5 Å². The molecule has 70 valence electrons. The van der Waals surface area contributed by atoms with Crippen LogP contribution in [0.2, 0.25) is 5.02 Å². The molecular formula is C8H7ClFNO2. The van der Waals surface area contributed by atoms with Crippen molar-refractivity contribution in [3.8, 4) is 5.75 Å². The van der Waals surface area contributed by atoms with E-state index in [1.54, 1.807) is 0 Å². The van der Waals surface area contributed by atoms with Crippen LogP contribution < -0.4 is 10.5 Å². The predicted molar refractivity (Wildman–Crippen MR) is 46.5 cm³/mol. The van der Waals surface area contributed by atoms with Crippen LogP contribution >= 0.6 is 11.6 Å². The summed E-state index contributed by atoms with van der Waals surface area (Å²) in [4.78, 5) is 10.8. The summed E-state index contributed by atoms with van der Waals surface area (Å²) in [5.41, 5.74) is 5.03. The lowest BCUT2D eigenvalue weighted by molar-refractivity contribution is 0.1000. The average Bonchev–Trinajstić information content (AvgIpc) is 2.04. The maximum Gasteiger partial charge on any atom is 0.250 e. The van der Waals surface area contributed by atoms with Crippen molar-refractivity contribution in [3.63, 3.8) is 0 Å². The van der Waals surface area contributed by atoms with E-state index in [0.29, 0.717) is 0 Å². The minimum atomic E-state index is -0.719. The van der Waals surface area contributed by atoms with Crippen LogP contribution in [0, 0.1) is 5.82 Å². The number of carbonyl (C=O) groups is 1. The highest BCUT2D eigenvalue weighted by Crippen LogP contribution is 2.30. The van der Waals surface area contributed by atoms with Crippen molar-refractivity contribution in [2.75, 3.05) is 7.11 Å². The van der Waals surface area contributed by atoms with Crippen molar-refractivity contribution in [2.45, 2.75) is 0 Å². The highest BCUT2D eigenvalue weighted by molar-refractivity contribution is 6.35. The molecule has 0 aliphatic rings. The predicted octanol–water partition coefficient (Wildman–Crippen LogP) is 1.59. The van der Waals surface area contributed by atoms with Crippen LogP contribution in [-0.2, 0) is 0 Å². The summed E-state index contributed by atoms with van der Waals surface area (Å²) in [5, 5.41) is -0.102. The van der Waals surface area contributed by atoms with E-state index in [-0.39, 0.29) is 16.3 Å². The Morgan fingerprint density at radius 2 is 2.23 bits per heavy atom. The first-order valence-electron chi connectivity index (χ1n) is 3.39. The first-order valence-corrected chi connectivity index (χ1v) is 3.77. The molecule has 0 saturated heterocycles. The number of ether oxygens (including phenoxy) is 1. The molecule has 0 radical (unpaired) electrons. The largest absolute Gasteiger partial charge is 0.492 e. The van der Waals surface area contributed by atoms with Crippen molar-refractivity contribution < 1.29 is 13.9 Å². The van der Waals surface area contributed by atoms with Gasteiger partial charge in [-0.1, -0.05) is 11.6 Å². The van der Waals surface area contributed by atoms with Gasteiger partial charge in [0.2, 0.25) is 5.91 Å². The standard InChI is InChI=1S/C8H7ClFNO2/c1-13-7-5(10)3-2-4(6(7)9)8(11)12/h2-3H,1H3,(H2,11,12). The Morgan fingerprint density at radius 3 is 2.69 bits per heavy atom. The normalized spacial score (nSPS) is 9.77. The highest BCUT2D eigenvalue weighted by atomic mass is 35.5. The monoisotopic (exact) mass is 203 g/mol. The fraction of sp³-hybridized carbons (Fsp3) is 0.125. The summed E-state index contributed by atoms with van der Waals surface area (Å²) in [6.45, 7) is 0. The van der Waals surface area contributed by atoms with E-state index in [0.717, 1.165) is 6.07 Å². The fourth-order valence-electron chi connectivity index (χ4n) is 0.910. The van der Waals surface area contributed by atoms with E-state index in [9.17, 15) is 9.18 Å². The van der Waals surface area contributed by atoms with Gasteiger partial charge in [0.25, 0.3) is 0 Å². The van der Waals surface area contributed by atoms with Crippen molar-refractivity contribution in [2.24, 2.45) is 5.73 Å². The zero-order valence-electron chi connectivity index (χ0n) is 6.80. The molecule has 0 atom stereocenters. The van der Waals surface area contributed by atoms with Gasteiger partial charge in [0, 0.05) is 0 Å². The molecule has 5 heteroatoms. The average molecular weight is 204 g/mol. The third-order valence-electron chi connectivity index (χ3n) is 1.52. The number of rotatable bonds is 2. The van der Waals surface area contributed by atoms with Crippen molar-refractivity contribution in [1.29, 1.82) is 0 Å². The number of halogens is 2. The summed E-state index contributed by atoms with van der Waals surface area (Å²) >= 11 is 5.64. The quantitative estimate of drug-likeness (QED) is 0.794. The summed E-state index contributed by atoms with van der Waals surface area (Å²) in [5.74, 6) is -1.52. The Morgan fingerprint density at radius 1 is 1.62 bits per heavy atom. The zero-order valence-corrected chi connectivity index (χ0v) is 7.56. The van der Waals surface area contributed by atoms with Crippen LogP contribution in [0.5, 0.6) is 5.75 Å². The molecule has 0 heterocycles. The van der Waals surface area contributed by atoms with Crippen LogP contribution in [0.3, 0.4) is 0 Å². The molecule has 0 saturated carbocycles. The van der Waals surface area contributed by atoms with Crippen LogP contribution in [0.15, 0.2) is 12.1 Å². The fourth-order valence-corrected chi connectivity index (χ4v) is 1.23. The lowest BCUT2D eigenvalue weighted by atomic mass is 10.2. The van der Waals surface area contributed by atoms with Gasteiger partial charge in [-0.25, -0.2) is 4.39 Å². The van der Waals surface area contributed by atoms with Gasteiger partial charge in [-0.15, -0.1) is 0 Å². The molecule has 0 aromatic heterocycles. The third-order valence-corrected chi connectivity index (χ3v) is 1.89. The number of primary amides is 1. The van der Waals surface area contributed by atoms with E-state index in [4.69, 9.17) is 17.3 Å². The van der Waals surface area contributed by atoms with Gasteiger partial charge >= 0.3 is 0 Å². The van der Waals surface area contributed by atoms with E-state index in [1.165, 1.54) is 13.2 Å². The van der Waals surface area contributed by atoms with E-state index in [2.05, 4.69) is 4.74 Å². The molecule has 2 N–H and O–H groups in total. The van der Waals surface area contributed by atoms with Gasteiger partial charge in [0.15, 0.2) is 11.6 Å². The van der Waals surface area contributed by atoms with Gasteiger partial charge < -0.3 is 10.5 Å². The van der Waals surface area contributed by atoms with Crippen LogP contribution in [0.1, 0.15) is 10.4 Å².